The second-order valence-corrected chi connectivity index (χ2v) is 7.82. The molecule has 28 heavy (non-hydrogen) atoms. The van der Waals surface area contributed by atoms with Crippen LogP contribution in [0.3, 0.4) is 0 Å². The predicted octanol–water partition coefficient (Wildman–Crippen LogP) is 5.12. The normalized spacial score (nSPS) is 10.6. The highest BCUT2D eigenvalue weighted by Gasteiger charge is 2.13. The van der Waals surface area contributed by atoms with E-state index in [1.807, 2.05) is 0 Å². The van der Waals surface area contributed by atoms with E-state index in [1.165, 1.54) is 31.0 Å². The van der Waals surface area contributed by atoms with Crippen LogP contribution in [-0.4, -0.2) is 30.4 Å². The lowest BCUT2D eigenvalue weighted by atomic mass is 10.1. The number of thioether (sulfide) groups is 1. The van der Waals surface area contributed by atoms with E-state index < -0.39 is 5.97 Å². The van der Waals surface area contributed by atoms with Crippen LogP contribution in [0.15, 0.2) is 36.4 Å². The summed E-state index contributed by atoms with van der Waals surface area (Å²) in [7, 11) is 1.25. The molecule has 0 aliphatic heterocycles. The van der Waals surface area contributed by atoms with Crippen molar-refractivity contribution in [2.24, 2.45) is 0 Å². The molecule has 0 heterocycles. The number of ketones is 1. The topological polar surface area (TPSA) is 52.6 Å². The maximum atomic E-state index is 13.0. The van der Waals surface area contributed by atoms with Crippen molar-refractivity contribution in [3.63, 3.8) is 0 Å². The Kier molecular flexibility index (Phi) is 9.09. The molecule has 0 radical (unpaired) electrons. The van der Waals surface area contributed by atoms with E-state index in [0.717, 1.165) is 11.1 Å². The summed E-state index contributed by atoms with van der Waals surface area (Å²) in [6.07, 6.45) is 0.335. The van der Waals surface area contributed by atoms with Gasteiger partial charge in [0, 0.05) is 15.6 Å². The first-order valence-electron chi connectivity index (χ1n) is 8.40. The van der Waals surface area contributed by atoms with E-state index in [0.29, 0.717) is 28.0 Å². The van der Waals surface area contributed by atoms with Crippen LogP contribution in [0.25, 0.3) is 0 Å². The van der Waals surface area contributed by atoms with Crippen LogP contribution in [0.2, 0.25) is 10.0 Å². The van der Waals surface area contributed by atoms with Gasteiger partial charge in [-0.05, 0) is 42.0 Å². The van der Waals surface area contributed by atoms with E-state index in [-0.39, 0.29) is 30.4 Å². The fourth-order valence-electron chi connectivity index (χ4n) is 2.34. The van der Waals surface area contributed by atoms with E-state index in [9.17, 15) is 14.0 Å². The molecule has 0 atom stereocenters. The zero-order valence-electron chi connectivity index (χ0n) is 15.2. The quantitative estimate of drug-likeness (QED) is 0.289. The van der Waals surface area contributed by atoms with Gasteiger partial charge in [0.05, 0.1) is 12.9 Å². The van der Waals surface area contributed by atoms with Gasteiger partial charge in [-0.3, -0.25) is 9.59 Å². The summed E-state index contributed by atoms with van der Waals surface area (Å²) in [5.41, 5.74) is 1.59. The number of Topliss-reactive ketones (excluding diaryl/α,β-unsaturated/α-hetero) is 1. The zero-order valence-corrected chi connectivity index (χ0v) is 17.5. The number of carbonyl (C=O) groups is 2. The smallest absolute Gasteiger partial charge is 0.313 e. The second-order valence-electron chi connectivity index (χ2n) is 5.87. The van der Waals surface area contributed by atoms with Crippen LogP contribution >= 0.6 is 35.0 Å². The molecule has 0 aliphatic carbocycles. The lowest BCUT2D eigenvalue weighted by molar-refractivity contribution is -0.142. The molecule has 0 saturated carbocycles. The van der Waals surface area contributed by atoms with E-state index in [2.05, 4.69) is 4.74 Å². The molecule has 0 unspecified atom stereocenters. The highest BCUT2D eigenvalue weighted by molar-refractivity contribution is 7.99. The molecule has 0 amide bonds. The van der Waals surface area contributed by atoms with E-state index in [1.54, 1.807) is 24.3 Å². The second kappa shape index (κ2) is 11.3. The third kappa shape index (κ3) is 7.34. The van der Waals surface area contributed by atoms with Gasteiger partial charge in [-0.1, -0.05) is 35.3 Å². The molecule has 0 bridgehead atoms. The van der Waals surface area contributed by atoms with Gasteiger partial charge < -0.3 is 9.47 Å². The monoisotopic (exact) mass is 444 g/mol. The highest BCUT2D eigenvalue weighted by Crippen LogP contribution is 2.32. The van der Waals surface area contributed by atoms with Crippen molar-refractivity contribution in [3.05, 3.63) is 63.4 Å². The first kappa shape index (κ1) is 22.5. The fraction of sp³-hybridized carbons (Fsp3) is 0.300. The van der Waals surface area contributed by atoms with Gasteiger partial charge in [0.1, 0.15) is 24.6 Å². The zero-order chi connectivity index (χ0) is 20.5. The minimum atomic E-state index is -0.539. The Balaban J connectivity index is 1.94. The Morgan fingerprint density at radius 1 is 1.14 bits per heavy atom. The lowest BCUT2D eigenvalue weighted by Gasteiger charge is -2.14. The summed E-state index contributed by atoms with van der Waals surface area (Å²) in [5.74, 6) is 0.333. The average Bonchev–Trinajstić information content (AvgIpc) is 2.65. The fourth-order valence-corrected chi connectivity index (χ4v) is 3.73. The Hall–Kier alpha value is -1.76. The number of rotatable bonds is 10. The van der Waals surface area contributed by atoms with Crippen molar-refractivity contribution in [3.8, 4) is 5.75 Å². The van der Waals surface area contributed by atoms with Crippen LogP contribution in [0, 0.1) is 5.82 Å². The summed E-state index contributed by atoms with van der Waals surface area (Å²) in [6, 6.07) is 9.34. The van der Waals surface area contributed by atoms with Crippen molar-refractivity contribution < 1.29 is 23.5 Å². The number of carbonyl (C=O) groups excluding carboxylic acids is 2. The number of methoxy groups -OCH3 is 1. The molecule has 0 spiro atoms. The van der Waals surface area contributed by atoms with Crippen LogP contribution < -0.4 is 4.74 Å². The third-order valence-electron chi connectivity index (χ3n) is 3.76. The Labute approximate surface area is 177 Å². The Morgan fingerprint density at radius 3 is 2.54 bits per heavy atom. The molecule has 8 heteroatoms. The molecular formula is C20H19Cl2FO4S. The van der Waals surface area contributed by atoms with E-state index in [4.69, 9.17) is 27.9 Å². The third-order valence-corrected chi connectivity index (χ3v) is 5.33. The van der Waals surface area contributed by atoms with Crippen LogP contribution in [0.5, 0.6) is 5.75 Å². The number of hydrogen-bond donors (Lipinski definition) is 0. The number of hydrogen-bond acceptors (Lipinski definition) is 5. The molecule has 0 saturated heterocycles. The molecule has 0 N–H and O–H groups in total. The van der Waals surface area contributed by atoms with Gasteiger partial charge in [0.25, 0.3) is 0 Å². The SMILES string of the molecule is COC(=O)CC(=O)CSCCc1c(Cl)cc(Cl)cc1OCc1ccc(F)cc1. The molecule has 0 fully saturated rings. The van der Waals surface area contributed by atoms with Gasteiger partial charge in [-0.2, -0.15) is 11.8 Å². The molecule has 4 nitrogen and oxygen atoms in total. The molecule has 2 rings (SSSR count). The number of esters is 1. The van der Waals surface area contributed by atoms with Gasteiger partial charge in [-0.15, -0.1) is 0 Å². The standard InChI is InChI=1S/C20H19Cl2FO4S/c1-26-20(25)10-16(24)12-28-7-6-17-18(22)8-14(21)9-19(17)27-11-13-2-4-15(23)5-3-13/h2-5,8-9H,6-7,10-12H2,1H3. The maximum absolute atomic E-state index is 13.0. The summed E-state index contributed by atoms with van der Waals surface area (Å²) in [5, 5.41) is 0.923. The lowest BCUT2D eigenvalue weighted by Crippen LogP contribution is -2.11. The van der Waals surface area contributed by atoms with Gasteiger partial charge in [0.2, 0.25) is 0 Å². The van der Waals surface area contributed by atoms with Crippen molar-refractivity contribution >= 4 is 46.7 Å². The summed E-state index contributed by atoms with van der Waals surface area (Å²) in [6.45, 7) is 0.245. The van der Waals surface area contributed by atoms with Crippen molar-refractivity contribution in [2.45, 2.75) is 19.4 Å². The molecule has 0 aromatic heterocycles. The Bertz CT molecular complexity index is 828. The predicted molar refractivity (Wildman–Crippen MR) is 110 cm³/mol. The van der Waals surface area contributed by atoms with E-state index >= 15 is 0 Å². The maximum Gasteiger partial charge on any atom is 0.313 e. The highest BCUT2D eigenvalue weighted by atomic mass is 35.5. The first-order chi connectivity index (χ1) is 13.4. The molecule has 2 aromatic rings. The minimum Gasteiger partial charge on any atom is -0.489 e. The first-order valence-corrected chi connectivity index (χ1v) is 10.3. The largest absolute Gasteiger partial charge is 0.489 e. The summed E-state index contributed by atoms with van der Waals surface area (Å²) < 4.78 is 23.3. The van der Waals surface area contributed by atoms with Crippen molar-refractivity contribution in [2.75, 3.05) is 18.6 Å². The molecular weight excluding hydrogens is 426 g/mol. The van der Waals surface area contributed by atoms with Crippen LogP contribution in [0.4, 0.5) is 4.39 Å². The van der Waals surface area contributed by atoms with Crippen LogP contribution in [-0.2, 0) is 27.4 Å². The Morgan fingerprint density at radius 2 is 1.86 bits per heavy atom. The summed E-state index contributed by atoms with van der Waals surface area (Å²) in [4.78, 5) is 22.8. The van der Waals surface area contributed by atoms with Gasteiger partial charge in [-0.25, -0.2) is 4.39 Å². The number of halogens is 3. The number of benzene rings is 2. The molecule has 2 aromatic carbocycles. The summed E-state index contributed by atoms with van der Waals surface area (Å²) >= 11 is 13.8. The van der Waals surface area contributed by atoms with Crippen LogP contribution in [0.1, 0.15) is 17.5 Å². The molecule has 150 valence electrons. The van der Waals surface area contributed by atoms with Crippen molar-refractivity contribution in [1.29, 1.82) is 0 Å². The molecule has 0 aliphatic rings. The van der Waals surface area contributed by atoms with Gasteiger partial charge >= 0.3 is 5.97 Å². The van der Waals surface area contributed by atoms with Gasteiger partial charge in [0.15, 0.2) is 5.78 Å². The minimum absolute atomic E-state index is 0.188. The van der Waals surface area contributed by atoms with Crippen molar-refractivity contribution in [1.82, 2.24) is 0 Å². The number of ether oxygens (including phenoxy) is 2. The average molecular weight is 445 g/mol.